The standard InChI is InChI=1S/C30H29N3O3/c1-20(2)28(30(36)33-31-19-25-24-16-10-9-11-21(24)17-18-26(25)34)32-29(35)27(22-12-5-3-6-13-22)23-14-7-4-8-15-23/h3-20,27-28,34H,1-2H3,(H,32,35)(H,33,36)/b31-19-/t28-/m1/s1. The van der Waals surface area contributed by atoms with Crippen molar-refractivity contribution in [2.24, 2.45) is 11.0 Å². The van der Waals surface area contributed by atoms with Crippen LogP contribution in [0, 0.1) is 5.92 Å². The van der Waals surface area contributed by atoms with Gasteiger partial charge in [0, 0.05) is 5.56 Å². The first-order chi connectivity index (χ1) is 17.5. The van der Waals surface area contributed by atoms with Gasteiger partial charge in [0.2, 0.25) is 5.91 Å². The zero-order valence-corrected chi connectivity index (χ0v) is 20.3. The zero-order chi connectivity index (χ0) is 25.5. The highest BCUT2D eigenvalue weighted by Crippen LogP contribution is 2.26. The van der Waals surface area contributed by atoms with E-state index < -0.39 is 17.9 Å². The topological polar surface area (TPSA) is 90.8 Å². The van der Waals surface area contributed by atoms with Crippen molar-refractivity contribution < 1.29 is 14.7 Å². The molecular weight excluding hydrogens is 450 g/mol. The van der Waals surface area contributed by atoms with Gasteiger partial charge in [-0.05, 0) is 33.9 Å². The molecule has 4 rings (SSSR count). The summed E-state index contributed by atoms with van der Waals surface area (Å²) >= 11 is 0. The van der Waals surface area contributed by atoms with Crippen LogP contribution in [-0.2, 0) is 9.59 Å². The third-order valence-corrected chi connectivity index (χ3v) is 6.09. The van der Waals surface area contributed by atoms with Crippen LogP contribution in [-0.4, -0.2) is 29.2 Å². The molecule has 4 aromatic carbocycles. The second-order valence-corrected chi connectivity index (χ2v) is 8.94. The van der Waals surface area contributed by atoms with Crippen molar-refractivity contribution in [1.29, 1.82) is 0 Å². The summed E-state index contributed by atoms with van der Waals surface area (Å²) in [5.41, 5.74) is 4.72. The molecule has 36 heavy (non-hydrogen) atoms. The lowest BCUT2D eigenvalue weighted by molar-refractivity contribution is -0.130. The molecule has 0 aliphatic rings. The maximum atomic E-state index is 13.5. The van der Waals surface area contributed by atoms with Gasteiger partial charge < -0.3 is 10.4 Å². The van der Waals surface area contributed by atoms with Gasteiger partial charge in [-0.25, -0.2) is 5.43 Å². The molecule has 6 heteroatoms. The summed E-state index contributed by atoms with van der Waals surface area (Å²) in [7, 11) is 0. The third kappa shape index (κ3) is 5.61. The summed E-state index contributed by atoms with van der Waals surface area (Å²) in [4.78, 5) is 26.5. The molecule has 2 amide bonds. The summed E-state index contributed by atoms with van der Waals surface area (Å²) < 4.78 is 0. The molecule has 6 nitrogen and oxygen atoms in total. The van der Waals surface area contributed by atoms with Gasteiger partial charge >= 0.3 is 0 Å². The molecule has 4 aromatic rings. The number of phenols is 1. The molecule has 0 bridgehead atoms. The minimum Gasteiger partial charge on any atom is -0.507 e. The molecule has 0 radical (unpaired) electrons. The van der Waals surface area contributed by atoms with Gasteiger partial charge in [-0.2, -0.15) is 5.10 Å². The number of fused-ring (bicyclic) bond motifs is 1. The Hall–Kier alpha value is -4.45. The number of carbonyl (C=O) groups is 2. The van der Waals surface area contributed by atoms with Crippen LogP contribution in [0.5, 0.6) is 5.75 Å². The maximum absolute atomic E-state index is 13.5. The van der Waals surface area contributed by atoms with Crippen LogP contribution in [0.25, 0.3) is 10.8 Å². The Labute approximate surface area is 210 Å². The first-order valence-electron chi connectivity index (χ1n) is 11.9. The number of amides is 2. The summed E-state index contributed by atoms with van der Waals surface area (Å²) in [6.45, 7) is 3.73. The summed E-state index contributed by atoms with van der Waals surface area (Å²) in [6, 6.07) is 29.2. The summed E-state index contributed by atoms with van der Waals surface area (Å²) in [5, 5.41) is 19.1. The van der Waals surface area contributed by atoms with E-state index in [2.05, 4.69) is 15.8 Å². The van der Waals surface area contributed by atoms with Crippen molar-refractivity contribution in [3.8, 4) is 5.75 Å². The largest absolute Gasteiger partial charge is 0.507 e. The van der Waals surface area contributed by atoms with E-state index >= 15 is 0 Å². The normalized spacial score (nSPS) is 12.2. The predicted molar refractivity (Wildman–Crippen MR) is 143 cm³/mol. The van der Waals surface area contributed by atoms with E-state index in [1.165, 1.54) is 6.21 Å². The van der Waals surface area contributed by atoms with Crippen LogP contribution in [0.1, 0.15) is 36.5 Å². The highest BCUT2D eigenvalue weighted by atomic mass is 16.3. The van der Waals surface area contributed by atoms with Gasteiger partial charge in [0.15, 0.2) is 0 Å². The van der Waals surface area contributed by atoms with E-state index in [0.717, 1.165) is 21.9 Å². The number of hydrogen-bond acceptors (Lipinski definition) is 4. The van der Waals surface area contributed by atoms with E-state index in [1.807, 2.05) is 105 Å². The maximum Gasteiger partial charge on any atom is 0.262 e. The second-order valence-electron chi connectivity index (χ2n) is 8.94. The van der Waals surface area contributed by atoms with Crippen LogP contribution in [0.2, 0.25) is 0 Å². The van der Waals surface area contributed by atoms with Crippen LogP contribution < -0.4 is 10.7 Å². The Morgan fingerprint density at radius 3 is 1.97 bits per heavy atom. The quantitative estimate of drug-likeness (QED) is 0.246. The summed E-state index contributed by atoms with van der Waals surface area (Å²) in [6.07, 6.45) is 1.42. The van der Waals surface area contributed by atoms with Crippen molar-refractivity contribution in [2.45, 2.75) is 25.8 Å². The molecule has 0 saturated heterocycles. The van der Waals surface area contributed by atoms with E-state index in [0.29, 0.717) is 5.56 Å². The van der Waals surface area contributed by atoms with Crippen molar-refractivity contribution in [3.05, 3.63) is 114 Å². The van der Waals surface area contributed by atoms with E-state index in [-0.39, 0.29) is 17.6 Å². The molecule has 0 aromatic heterocycles. The van der Waals surface area contributed by atoms with E-state index in [9.17, 15) is 14.7 Å². The molecule has 0 unspecified atom stereocenters. The number of hydrazone groups is 1. The van der Waals surface area contributed by atoms with Crippen LogP contribution >= 0.6 is 0 Å². The molecule has 0 aliphatic heterocycles. The number of nitrogens with one attached hydrogen (secondary N) is 2. The Bertz CT molecular complexity index is 1330. The fourth-order valence-electron chi connectivity index (χ4n) is 4.21. The average molecular weight is 480 g/mol. The average Bonchev–Trinajstić information content (AvgIpc) is 2.89. The van der Waals surface area contributed by atoms with Gasteiger partial charge in [-0.3, -0.25) is 9.59 Å². The first kappa shape index (κ1) is 24.7. The van der Waals surface area contributed by atoms with Crippen LogP contribution in [0.15, 0.2) is 102 Å². The lowest BCUT2D eigenvalue weighted by atomic mass is 9.89. The first-order valence-corrected chi connectivity index (χ1v) is 11.9. The van der Waals surface area contributed by atoms with E-state index in [1.54, 1.807) is 6.07 Å². The Morgan fingerprint density at radius 2 is 1.36 bits per heavy atom. The van der Waals surface area contributed by atoms with Gasteiger partial charge in [0.1, 0.15) is 11.8 Å². The predicted octanol–water partition coefficient (Wildman–Crippen LogP) is 4.97. The van der Waals surface area contributed by atoms with Crippen LogP contribution in [0.3, 0.4) is 0 Å². The molecule has 0 spiro atoms. The van der Waals surface area contributed by atoms with Crippen molar-refractivity contribution in [2.75, 3.05) is 0 Å². The number of nitrogens with zero attached hydrogens (tertiary/aromatic N) is 1. The van der Waals surface area contributed by atoms with E-state index in [4.69, 9.17) is 0 Å². The van der Waals surface area contributed by atoms with Crippen LogP contribution in [0.4, 0.5) is 0 Å². The van der Waals surface area contributed by atoms with Gasteiger partial charge in [0.25, 0.3) is 5.91 Å². The molecule has 0 heterocycles. The molecule has 0 saturated carbocycles. The number of benzene rings is 4. The van der Waals surface area contributed by atoms with Gasteiger partial charge in [-0.1, -0.05) is 105 Å². The highest BCUT2D eigenvalue weighted by molar-refractivity contribution is 6.02. The lowest BCUT2D eigenvalue weighted by Crippen LogP contribution is -2.50. The fourth-order valence-corrected chi connectivity index (χ4v) is 4.21. The Balaban J connectivity index is 1.53. The Kier molecular flexibility index (Phi) is 7.75. The molecule has 3 N–H and O–H groups in total. The number of aromatic hydroxyl groups is 1. The smallest absolute Gasteiger partial charge is 0.262 e. The molecule has 0 aliphatic carbocycles. The van der Waals surface area contributed by atoms with Gasteiger partial charge in [-0.15, -0.1) is 0 Å². The van der Waals surface area contributed by atoms with Gasteiger partial charge in [0.05, 0.1) is 12.1 Å². The minimum atomic E-state index is -0.800. The number of phenolic OH excluding ortho intramolecular Hbond substituents is 1. The number of hydrogen-bond donors (Lipinski definition) is 3. The Morgan fingerprint density at radius 1 is 0.778 bits per heavy atom. The molecule has 1 atom stereocenters. The highest BCUT2D eigenvalue weighted by Gasteiger charge is 2.29. The third-order valence-electron chi connectivity index (χ3n) is 6.09. The minimum absolute atomic E-state index is 0.0639. The number of rotatable bonds is 8. The van der Waals surface area contributed by atoms with Crippen molar-refractivity contribution >= 4 is 28.8 Å². The molecule has 0 fully saturated rings. The molecule has 182 valence electrons. The fraction of sp³-hybridized carbons (Fsp3) is 0.167. The zero-order valence-electron chi connectivity index (χ0n) is 20.3. The summed E-state index contributed by atoms with van der Waals surface area (Å²) in [5.74, 6) is -1.38. The van der Waals surface area contributed by atoms with Crippen molar-refractivity contribution in [1.82, 2.24) is 10.7 Å². The molecular formula is C30H29N3O3. The van der Waals surface area contributed by atoms with Crippen molar-refractivity contribution in [3.63, 3.8) is 0 Å². The number of carbonyl (C=O) groups excluding carboxylic acids is 2. The lowest BCUT2D eigenvalue weighted by Gasteiger charge is -2.24. The second kappa shape index (κ2) is 11.3. The SMILES string of the molecule is CC(C)[C@@H](NC(=O)C(c1ccccc1)c1ccccc1)C(=O)N/N=C\c1c(O)ccc2ccccc12. The monoisotopic (exact) mass is 479 g/mol.